The monoisotopic (exact) mass is 468 g/mol. The molecule has 2 rings (SSSR count). The summed E-state index contributed by atoms with van der Waals surface area (Å²) in [5, 5.41) is 2.90. The molecule has 0 saturated carbocycles. The lowest BCUT2D eigenvalue weighted by molar-refractivity contribution is 0.0939. The van der Waals surface area contributed by atoms with Crippen molar-refractivity contribution < 1.29 is 17.9 Å². The molecule has 28 heavy (non-hydrogen) atoms. The summed E-state index contributed by atoms with van der Waals surface area (Å²) in [7, 11) is -2.35. The molecule has 2 aromatic rings. The third-order valence-corrected chi connectivity index (χ3v) is 7.07. The maximum absolute atomic E-state index is 12.9. The number of carbonyl (C=O) groups is 1. The number of nitrogens with zero attached hydrogens (tertiary/aromatic N) is 1. The first-order valence-electron chi connectivity index (χ1n) is 8.99. The van der Waals surface area contributed by atoms with Gasteiger partial charge < -0.3 is 10.1 Å². The molecule has 1 N–H and O–H groups in total. The van der Waals surface area contributed by atoms with E-state index in [4.69, 9.17) is 4.74 Å². The fraction of sp³-hybridized carbons (Fsp3) is 0.350. The molecule has 1 amide bonds. The van der Waals surface area contributed by atoms with Crippen LogP contribution in [0, 0.1) is 0 Å². The third kappa shape index (κ3) is 4.92. The van der Waals surface area contributed by atoms with Gasteiger partial charge in [0.25, 0.3) is 5.91 Å². The Bertz CT molecular complexity index is 926. The predicted molar refractivity (Wildman–Crippen MR) is 113 cm³/mol. The first-order chi connectivity index (χ1) is 13.2. The Morgan fingerprint density at radius 3 is 2.29 bits per heavy atom. The topological polar surface area (TPSA) is 75.7 Å². The van der Waals surface area contributed by atoms with E-state index in [1.165, 1.54) is 23.5 Å². The highest BCUT2D eigenvalue weighted by molar-refractivity contribution is 9.10. The van der Waals surface area contributed by atoms with Crippen LogP contribution < -0.4 is 10.1 Å². The Morgan fingerprint density at radius 1 is 1.14 bits per heavy atom. The fourth-order valence-corrected chi connectivity index (χ4v) is 4.74. The van der Waals surface area contributed by atoms with Crippen molar-refractivity contribution in [3.05, 3.63) is 58.1 Å². The van der Waals surface area contributed by atoms with Gasteiger partial charge >= 0.3 is 0 Å². The van der Waals surface area contributed by atoms with E-state index in [1.54, 1.807) is 19.9 Å². The molecule has 1 atom stereocenters. The van der Waals surface area contributed by atoms with Crippen LogP contribution in [-0.4, -0.2) is 38.8 Å². The van der Waals surface area contributed by atoms with E-state index in [0.717, 1.165) is 10.0 Å². The average molecular weight is 469 g/mol. The Balaban J connectivity index is 2.33. The van der Waals surface area contributed by atoms with Crippen molar-refractivity contribution in [1.82, 2.24) is 9.62 Å². The van der Waals surface area contributed by atoms with Gasteiger partial charge in [0.05, 0.1) is 13.2 Å². The van der Waals surface area contributed by atoms with Crippen molar-refractivity contribution in [2.45, 2.75) is 31.7 Å². The van der Waals surface area contributed by atoms with Crippen LogP contribution in [-0.2, 0) is 10.0 Å². The number of nitrogens with one attached hydrogen (secondary N) is 1. The number of ether oxygens (including phenoxy) is 1. The summed E-state index contributed by atoms with van der Waals surface area (Å²) in [5.41, 5.74) is 1.21. The Hall–Kier alpha value is -1.90. The van der Waals surface area contributed by atoms with Crippen molar-refractivity contribution >= 4 is 31.9 Å². The largest absolute Gasteiger partial charge is 0.495 e. The molecular formula is C20H25BrN2O4S. The van der Waals surface area contributed by atoms with E-state index in [0.29, 0.717) is 13.1 Å². The Kier molecular flexibility index (Phi) is 7.63. The summed E-state index contributed by atoms with van der Waals surface area (Å²) >= 11 is 3.39. The number of amides is 1. The molecule has 0 bridgehead atoms. The highest BCUT2D eigenvalue weighted by atomic mass is 79.9. The van der Waals surface area contributed by atoms with Crippen LogP contribution in [0.25, 0.3) is 0 Å². The lowest BCUT2D eigenvalue weighted by Gasteiger charge is -2.21. The zero-order chi connectivity index (χ0) is 20.9. The summed E-state index contributed by atoms with van der Waals surface area (Å²) in [5.74, 6) is -0.140. The highest BCUT2D eigenvalue weighted by Crippen LogP contribution is 2.28. The second kappa shape index (κ2) is 9.54. The summed E-state index contributed by atoms with van der Waals surface area (Å²) in [6, 6.07) is 11.8. The smallest absolute Gasteiger partial charge is 0.251 e. The van der Waals surface area contributed by atoms with E-state index < -0.39 is 10.0 Å². The minimum Gasteiger partial charge on any atom is -0.495 e. The van der Waals surface area contributed by atoms with Crippen LogP contribution in [0.5, 0.6) is 5.75 Å². The zero-order valence-corrected chi connectivity index (χ0v) is 18.8. The lowest BCUT2D eigenvalue weighted by Crippen LogP contribution is -2.31. The van der Waals surface area contributed by atoms with Crippen molar-refractivity contribution in [3.8, 4) is 5.75 Å². The summed E-state index contributed by atoms with van der Waals surface area (Å²) in [6.45, 7) is 6.07. The van der Waals surface area contributed by atoms with Crippen molar-refractivity contribution in [2.24, 2.45) is 0 Å². The summed E-state index contributed by atoms with van der Waals surface area (Å²) in [4.78, 5) is 12.7. The summed E-state index contributed by atoms with van der Waals surface area (Å²) in [6.07, 6.45) is 0. The molecule has 0 spiro atoms. The molecule has 0 aliphatic carbocycles. The number of hydrogen-bond acceptors (Lipinski definition) is 4. The van der Waals surface area contributed by atoms with Gasteiger partial charge in [-0.15, -0.1) is 0 Å². The van der Waals surface area contributed by atoms with E-state index in [9.17, 15) is 13.2 Å². The second-order valence-corrected chi connectivity index (χ2v) is 9.02. The molecule has 0 fully saturated rings. The van der Waals surface area contributed by atoms with Crippen molar-refractivity contribution in [3.63, 3.8) is 0 Å². The normalized spacial score (nSPS) is 12.6. The molecule has 0 heterocycles. The van der Waals surface area contributed by atoms with Crippen molar-refractivity contribution in [2.75, 3.05) is 20.2 Å². The van der Waals surface area contributed by atoms with Gasteiger partial charge in [-0.25, -0.2) is 8.42 Å². The number of halogens is 1. The van der Waals surface area contributed by atoms with Gasteiger partial charge in [0.1, 0.15) is 10.6 Å². The molecule has 0 aliphatic heterocycles. The fourth-order valence-electron chi connectivity index (χ4n) is 2.84. The van der Waals surface area contributed by atoms with Gasteiger partial charge in [-0.1, -0.05) is 41.9 Å². The minimum absolute atomic E-state index is 0.0114. The molecule has 0 radical (unpaired) electrons. The average Bonchev–Trinajstić information content (AvgIpc) is 2.68. The van der Waals surface area contributed by atoms with Crippen LogP contribution >= 0.6 is 15.9 Å². The van der Waals surface area contributed by atoms with E-state index in [-0.39, 0.29) is 28.2 Å². The Labute approximate surface area is 175 Å². The van der Waals surface area contributed by atoms with Crippen LogP contribution in [0.4, 0.5) is 0 Å². The molecular weight excluding hydrogens is 444 g/mol. The lowest BCUT2D eigenvalue weighted by atomic mass is 10.1. The molecule has 2 aromatic carbocycles. The maximum atomic E-state index is 12.9. The molecule has 8 heteroatoms. The van der Waals surface area contributed by atoms with Gasteiger partial charge in [0, 0.05) is 23.1 Å². The predicted octanol–water partition coefficient (Wildman–Crippen LogP) is 3.98. The molecule has 0 unspecified atom stereocenters. The first kappa shape index (κ1) is 22.4. The van der Waals surface area contributed by atoms with Gasteiger partial charge in [-0.3, -0.25) is 4.79 Å². The second-order valence-electron chi connectivity index (χ2n) is 6.20. The quantitative estimate of drug-likeness (QED) is 0.635. The first-order valence-corrected chi connectivity index (χ1v) is 11.2. The van der Waals surface area contributed by atoms with E-state index in [1.807, 2.05) is 31.2 Å². The molecule has 0 saturated heterocycles. The molecule has 152 valence electrons. The van der Waals surface area contributed by atoms with Crippen LogP contribution in [0.2, 0.25) is 0 Å². The van der Waals surface area contributed by atoms with E-state index in [2.05, 4.69) is 21.2 Å². The van der Waals surface area contributed by atoms with Crippen LogP contribution in [0.1, 0.15) is 42.7 Å². The summed E-state index contributed by atoms with van der Waals surface area (Å²) < 4.78 is 33.4. The maximum Gasteiger partial charge on any atom is 0.251 e. The third-order valence-electron chi connectivity index (χ3n) is 4.47. The zero-order valence-electron chi connectivity index (χ0n) is 16.4. The molecule has 0 aliphatic rings. The highest BCUT2D eigenvalue weighted by Gasteiger charge is 2.27. The van der Waals surface area contributed by atoms with Gasteiger partial charge in [-0.05, 0) is 42.8 Å². The number of benzene rings is 2. The number of rotatable bonds is 8. The standard InChI is InChI=1S/C20H25BrN2O4S/c1-5-23(6-2)28(25,26)19-13-16(9-12-18(19)27-4)20(24)22-14(3)15-7-10-17(21)11-8-15/h7-14H,5-6H2,1-4H3,(H,22,24)/t14-/m0/s1. The van der Waals surface area contributed by atoms with Gasteiger partial charge in [0.2, 0.25) is 10.0 Å². The molecule has 0 aromatic heterocycles. The number of hydrogen-bond donors (Lipinski definition) is 1. The van der Waals surface area contributed by atoms with E-state index >= 15 is 0 Å². The van der Waals surface area contributed by atoms with Crippen molar-refractivity contribution in [1.29, 1.82) is 0 Å². The minimum atomic E-state index is -3.76. The number of carbonyl (C=O) groups excluding carboxylic acids is 1. The van der Waals surface area contributed by atoms with Gasteiger partial charge in [-0.2, -0.15) is 4.31 Å². The SMILES string of the molecule is CCN(CC)S(=O)(=O)c1cc(C(=O)N[C@@H](C)c2ccc(Br)cc2)ccc1OC. The number of sulfonamides is 1. The van der Waals surface area contributed by atoms with Gasteiger partial charge in [0.15, 0.2) is 0 Å². The van der Waals surface area contributed by atoms with Crippen LogP contribution in [0.15, 0.2) is 51.8 Å². The molecule has 6 nitrogen and oxygen atoms in total. The Morgan fingerprint density at radius 2 is 1.75 bits per heavy atom. The number of methoxy groups -OCH3 is 1. The van der Waals surface area contributed by atoms with Crippen LogP contribution in [0.3, 0.4) is 0 Å².